The Morgan fingerprint density at radius 1 is 1.07 bits per heavy atom. The molecule has 4 rings (SSSR count). The highest BCUT2D eigenvalue weighted by Crippen LogP contribution is 2.27. The zero-order valence-corrected chi connectivity index (χ0v) is 17.5. The number of amides is 1. The molecule has 1 fully saturated rings. The van der Waals surface area contributed by atoms with Crippen LogP contribution in [0.4, 0.5) is 5.69 Å². The molecule has 29 heavy (non-hydrogen) atoms. The Labute approximate surface area is 173 Å². The van der Waals surface area contributed by atoms with Gasteiger partial charge in [-0.15, -0.1) is 0 Å². The van der Waals surface area contributed by atoms with Crippen molar-refractivity contribution in [1.29, 1.82) is 0 Å². The Balaban J connectivity index is 1.20. The van der Waals surface area contributed by atoms with Gasteiger partial charge in [0.05, 0.1) is 5.92 Å². The minimum Gasteiger partial charge on any atom is -0.492 e. The number of carbonyl (C=O) groups excluding carboxylic acids is 1. The number of hydrogen-bond donors (Lipinski definition) is 1. The third-order valence-corrected chi connectivity index (χ3v) is 6.27. The van der Waals surface area contributed by atoms with E-state index in [0.717, 1.165) is 50.5 Å². The third-order valence-electron chi connectivity index (χ3n) is 6.27. The topological polar surface area (TPSA) is 44.8 Å². The van der Waals surface area contributed by atoms with E-state index in [4.69, 9.17) is 4.74 Å². The molecule has 0 bridgehead atoms. The van der Waals surface area contributed by atoms with E-state index in [1.165, 1.54) is 16.8 Å². The van der Waals surface area contributed by atoms with Gasteiger partial charge in [-0.25, -0.2) is 0 Å². The number of rotatable bonds is 5. The standard InChI is InChI=1S/C24H31N3O2/c1-18-6-5-8-22(19(18)2)27-14-12-26(13-15-27)11-10-25-24(28)21-16-20-7-3-4-9-23(20)29-17-21/h3-9,21H,10-17H2,1-2H3,(H,25,28)/t21-/m0/s1. The Morgan fingerprint density at radius 2 is 1.86 bits per heavy atom. The first-order valence-corrected chi connectivity index (χ1v) is 10.6. The van der Waals surface area contributed by atoms with Crippen LogP contribution in [-0.2, 0) is 11.2 Å². The van der Waals surface area contributed by atoms with Gasteiger partial charge in [-0.05, 0) is 49.1 Å². The SMILES string of the molecule is Cc1cccc(N2CCN(CCNC(=O)[C@@H]3COc4ccccc4C3)CC2)c1C. The summed E-state index contributed by atoms with van der Waals surface area (Å²) in [5, 5.41) is 3.12. The number of nitrogens with zero attached hydrogens (tertiary/aromatic N) is 2. The summed E-state index contributed by atoms with van der Waals surface area (Å²) in [5.74, 6) is 0.929. The van der Waals surface area contributed by atoms with Crippen LogP contribution >= 0.6 is 0 Å². The minimum absolute atomic E-state index is 0.0916. The molecule has 1 amide bonds. The fourth-order valence-corrected chi connectivity index (χ4v) is 4.27. The van der Waals surface area contributed by atoms with E-state index in [9.17, 15) is 4.79 Å². The van der Waals surface area contributed by atoms with E-state index in [1.807, 2.05) is 24.3 Å². The molecule has 1 atom stereocenters. The number of piperazine rings is 1. The van der Waals surface area contributed by atoms with Gasteiger partial charge >= 0.3 is 0 Å². The van der Waals surface area contributed by atoms with Crippen molar-refractivity contribution in [3.63, 3.8) is 0 Å². The van der Waals surface area contributed by atoms with E-state index in [1.54, 1.807) is 0 Å². The fraction of sp³-hybridized carbons (Fsp3) is 0.458. The predicted molar refractivity (Wildman–Crippen MR) is 117 cm³/mol. The number of benzene rings is 2. The van der Waals surface area contributed by atoms with Crippen LogP contribution in [0.5, 0.6) is 5.75 Å². The van der Waals surface area contributed by atoms with Gasteiger partial charge < -0.3 is 15.0 Å². The molecule has 1 N–H and O–H groups in total. The number of anilines is 1. The highest BCUT2D eigenvalue weighted by atomic mass is 16.5. The maximum Gasteiger partial charge on any atom is 0.226 e. The molecule has 0 saturated carbocycles. The van der Waals surface area contributed by atoms with Crippen LogP contribution in [-0.4, -0.2) is 56.7 Å². The number of hydrogen-bond acceptors (Lipinski definition) is 4. The van der Waals surface area contributed by atoms with Crippen LogP contribution in [0.1, 0.15) is 16.7 Å². The van der Waals surface area contributed by atoms with Crippen LogP contribution in [0.3, 0.4) is 0 Å². The lowest BCUT2D eigenvalue weighted by atomic mass is 9.96. The highest BCUT2D eigenvalue weighted by Gasteiger charge is 2.26. The van der Waals surface area contributed by atoms with E-state index in [2.05, 4.69) is 47.2 Å². The van der Waals surface area contributed by atoms with Gasteiger partial charge in [-0.2, -0.15) is 0 Å². The average molecular weight is 394 g/mol. The highest BCUT2D eigenvalue weighted by molar-refractivity contribution is 5.79. The van der Waals surface area contributed by atoms with Crippen LogP contribution in [0.25, 0.3) is 0 Å². The van der Waals surface area contributed by atoms with Gasteiger partial charge in [-0.3, -0.25) is 9.69 Å². The third kappa shape index (κ3) is 4.56. The lowest BCUT2D eigenvalue weighted by Crippen LogP contribution is -2.49. The van der Waals surface area contributed by atoms with Gasteiger partial charge in [0.25, 0.3) is 0 Å². The van der Waals surface area contributed by atoms with Crippen molar-refractivity contribution >= 4 is 11.6 Å². The first kappa shape index (κ1) is 19.8. The summed E-state index contributed by atoms with van der Waals surface area (Å²) in [5.41, 5.74) is 5.21. The van der Waals surface area contributed by atoms with Gasteiger partial charge in [0.15, 0.2) is 0 Å². The molecular weight excluding hydrogens is 362 g/mol. The average Bonchev–Trinajstić information content (AvgIpc) is 2.76. The molecule has 2 aromatic rings. The zero-order chi connectivity index (χ0) is 20.2. The van der Waals surface area contributed by atoms with Crippen molar-refractivity contribution in [3.05, 3.63) is 59.2 Å². The molecule has 0 spiro atoms. The molecule has 2 aromatic carbocycles. The quantitative estimate of drug-likeness (QED) is 0.849. The molecule has 5 heteroatoms. The van der Waals surface area contributed by atoms with Crippen molar-refractivity contribution in [2.45, 2.75) is 20.3 Å². The molecule has 1 saturated heterocycles. The van der Waals surface area contributed by atoms with Gasteiger partial charge in [-0.1, -0.05) is 30.3 Å². The molecule has 0 aliphatic carbocycles. The normalized spacial score (nSPS) is 19.4. The first-order valence-electron chi connectivity index (χ1n) is 10.6. The summed E-state index contributed by atoms with van der Waals surface area (Å²) < 4.78 is 5.75. The number of carbonyl (C=O) groups is 1. The summed E-state index contributed by atoms with van der Waals surface area (Å²) >= 11 is 0. The number of para-hydroxylation sites is 1. The Morgan fingerprint density at radius 3 is 2.69 bits per heavy atom. The molecule has 154 valence electrons. The molecule has 2 heterocycles. The van der Waals surface area contributed by atoms with Gasteiger partial charge in [0.2, 0.25) is 5.91 Å². The van der Waals surface area contributed by atoms with Crippen molar-refractivity contribution in [3.8, 4) is 5.75 Å². The monoisotopic (exact) mass is 393 g/mol. The molecule has 5 nitrogen and oxygen atoms in total. The predicted octanol–water partition coefficient (Wildman–Crippen LogP) is 2.79. The van der Waals surface area contributed by atoms with Crippen LogP contribution in [0, 0.1) is 19.8 Å². The molecular formula is C24H31N3O2. The van der Waals surface area contributed by atoms with Crippen molar-refractivity contribution in [1.82, 2.24) is 10.2 Å². The van der Waals surface area contributed by atoms with Crippen LogP contribution in [0.15, 0.2) is 42.5 Å². The van der Waals surface area contributed by atoms with Crippen molar-refractivity contribution in [2.75, 3.05) is 50.8 Å². The van der Waals surface area contributed by atoms with Crippen LogP contribution < -0.4 is 15.0 Å². The Hall–Kier alpha value is -2.53. The molecule has 2 aliphatic heterocycles. The number of fused-ring (bicyclic) bond motifs is 1. The van der Waals surface area contributed by atoms with Crippen LogP contribution in [0.2, 0.25) is 0 Å². The zero-order valence-electron chi connectivity index (χ0n) is 17.5. The van der Waals surface area contributed by atoms with Crippen molar-refractivity contribution in [2.24, 2.45) is 5.92 Å². The summed E-state index contributed by atoms with van der Waals surface area (Å²) in [6.45, 7) is 10.6. The van der Waals surface area contributed by atoms with E-state index >= 15 is 0 Å². The first-order chi connectivity index (χ1) is 14.1. The number of nitrogens with one attached hydrogen (secondary N) is 1. The lowest BCUT2D eigenvalue weighted by molar-refractivity contribution is -0.126. The number of aryl methyl sites for hydroxylation is 1. The number of ether oxygens (including phenoxy) is 1. The maximum absolute atomic E-state index is 12.5. The van der Waals surface area contributed by atoms with Gasteiger partial charge in [0.1, 0.15) is 12.4 Å². The van der Waals surface area contributed by atoms with E-state index in [0.29, 0.717) is 13.2 Å². The maximum atomic E-state index is 12.5. The Bertz CT molecular complexity index is 859. The second-order valence-electron chi connectivity index (χ2n) is 8.16. The molecule has 0 aromatic heterocycles. The molecule has 0 radical (unpaired) electrons. The van der Waals surface area contributed by atoms with E-state index in [-0.39, 0.29) is 11.8 Å². The Kier molecular flexibility index (Phi) is 6.05. The summed E-state index contributed by atoms with van der Waals surface area (Å²) in [4.78, 5) is 17.5. The molecule has 0 unspecified atom stereocenters. The lowest BCUT2D eigenvalue weighted by Gasteiger charge is -2.37. The molecule has 2 aliphatic rings. The van der Waals surface area contributed by atoms with Gasteiger partial charge in [0, 0.05) is 45.0 Å². The smallest absolute Gasteiger partial charge is 0.226 e. The fourth-order valence-electron chi connectivity index (χ4n) is 4.27. The second kappa shape index (κ2) is 8.87. The minimum atomic E-state index is -0.0916. The summed E-state index contributed by atoms with van der Waals surface area (Å²) in [6.07, 6.45) is 0.760. The summed E-state index contributed by atoms with van der Waals surface area (Å²) in [6, 6.07) is 14.5. The summed E-state index contributed by atoms with van der Waals surface area (Å²) in [7, 11) is 0. The van der Waals surface area contributed by atoms with E-state index < -0.39 is 0 Å². The second-order valence-corrected chi connectivity index (χ2v) is 8.16. The van der Waals surface area contributed by atoms with Crippen molar-refractivity contribution < 1.29 is 9.53 Å². The largest absolute Gasteiger partial charge is 0.492 e.